The quantitative estimate of drug-likeness (QED) is 0.205. The molecule has 1 aliphatic rings. The third kappa shape index (κ3) is 4.49. The standard InChI is InChI=1S/C28H28N4O4/c29-28(30)21-10-5-9-20(27(21)35)17-12-13-24-22(14-17)23(31-32(24)19-7-2-3-8-19)16-36-25-11-4-1-6-18(25)15-26(33)34/h1,4-6,9-14,19,35H,2-3,7-8,15-16H2,(H3,29,30)(H,33,34). The smallest absolute Gasteiger partial charge is 0.307 e. The van der Waals surface area contributed by atoms with E-state index < -0.39 is 5.97 Å². The van der Waals surface area contributed by atoms with Gasteiger partial charge in [-0.3, -0.25) is 14.9 Å². The van der Waals surface area contributed by atoms with Gasteiger partial charge in [0.1, 0.15) is 29.6 Å². The largest absolute Gasteiger partial charge is 0.507 e. The molecule has 8 nitrogen and oxygen atoms in total. The van der Waals surface area contributed by atoms with Gasteiger partial charge in [-0.25, -0.2) is 0 Å². The summed E-state index contributed by atoms with van der Waals surface area (Å²) in [6.07, 6.45) is 4.36. The Balaban J connectivity index is 1.56. The minimum Gasteiger partial charge on any atom is -0.507 e. The lowest BCUT2D eigenvalue weighted by atomic mass is 9.99. The van der Waals surface area contributed by atoms with Gasteiger partial charge >= 0.3 is 5.97 Å². The lowest BCUT2D eigenvalue weighted by Crippen LogP contribution is -2.11. The second-order valence-corrected chi connectivity index (χ2v) is 9.14. The number of phenolic OH excluding ortho intramolecular Hbond substituents is 1. The van der Waals surface area contributed by atoms with Gasteiger partial charge < -0.3 is 20.7 Å². The molecule has 0 spiro atoms. The maximum atomic E-state index is 11.3. The summed E-state index contributed by atoms with van der Waals surface area (Å²) >= 11 is 0. The number of hydrogen-bond donors (Lipinski definition) is 4. The highest BCUT2D eigenvalue weighted by Gasteiger charge is 2.23. The van der Waals surface area contributed by atoms with Gasteiger partial charge in [0.05, 0.1) is 23.5 Å². The minimum absolute atomic E-state index is 0.0343. The number of aliphatic carboxylic acids is 1. The molecule has 5 N–H and O–H groups in total. The zero-order valence-electron chi connectivity index (χ0n) is 19.8. The Labute approximate surface area is 208 Å². The number of nitrogens with two attached hydrogens (primary N) is 1. The summed E-state index contributed by atoms with van der Waals surface area (Å²) in [6, 6.07) is 18.6. The number of para-hydroxylation sites is 2. The molecule has 1 aliphatic carbocycles. The van der Waals surface area contributed by atoms with Crippen molar-refractivity contribution in [3.05, 3.63) is 77.5 Å². The number of aromatic hydroxyl groups is 1. The topological polar surface area (TPSA) is 134 Å². The van der Waals surface area contributed by atoms with Crippen LogP contribution in [-0.2, 0) is 17.8 Å². The number of carbonyl (C=O) groups is 1. The van der Waals surface area contributed by atoms with E-state index in [1.54, 1.807) is 36.4 Å². The van der Waals surface area contributed by atoms with E-state index in [1.165, 1.54) is 12.8 Å². The third-order valence-corrected chi connectivity index (χ3v) is 6.77. The molecule has 0 saturated heterocycles. The molecule has 3 aromatic carbocycles. The molecule has 36 heavy (non-hydrogen) atoms. The number of ether oxygens (including phenoxy) is 1. The molecule has 1 heterocycles. The summed E-state index contributed by atoms with van der Waals surface area (Å²) in [5.41, 5.74) is 9.63. The molecule has 0 bridgehead atoms. The lowest BCUT2D eigenvalue weighted by Gasteiger charge is -2.12. The molecular formula is C28H28N4O4. The Bertz CT molecular complexity index is 1450. The molecule has 8 heteroatoms. The number of carboxylic acid groups (broad SMARTS) is 1. The van der Waals surface area contributed by atoms with Crippen LogP contribution in [0.1, 0.15) is 48.5 Å². The molecule has 1 fully saturated rings. The highest BCUT2D eigenvalue weighted by Crippen LogP contribution is 2.37. The molecule has 0 amide bonds. The fourth-order valence-electron chi connectivity index (χ4n) is 5.00. The number of benzene rings is 3. The van der Waals surface area contributed by atoms with Gasteiger partial charge in [0.2, 0.25) is 0 Å². The Hall–Kier alpha value is -4.33. The van der Waals surface area contributed by atoms with Gasteiger partial charge in [0, 0.05) is 16.5 Å². The first-order valence-corrected chi connectivity index (χ1v) is 12.0. The Kier molecular flexibility index (Phi) is 6.33. The van der Waals surface area contributed by atoms with Crippen molar-refractivity contribution in [2.24, 2.45) is 5.73 Å². The number of nitrogens with zero attached hydrogens (tertiary/aromatic N) is 2. The summed E-state index contributed by atoms with van der Waals surface area (Å²) in [6.45, 7) is 0.176. The molecule has 0 aliphatic heterocycles. The number of nitrogen functional groups attached to an aromatic ring is 1. The minimum atomic E-state index is -0.917. The normalized spacial score (nSPS) is 13.8. The maximum absolute atomic E-state index is 11.3. The monoisotopic (exact) mass is 484 g/mol. The molecule has 0 radical (unpaired) electrons. The molecule has 1 saturated carbocycles. The van der Waals surface area contributed by atoms with Crippen LogP contribution in [0.25, 0.3) is 22.0 Å². The molecule has 5 rings (SSSR count). The van der Waals surface area contributed by atoms with Gasteiger partial charge in [0.25, 0.3) is 0 Å². The Morgan fingerprint density at radius 3 is 2.64 bits per heavy atom. The summed E-state index contributed by atoms with van der Waals surface area (Å²) in [7, 11) is 0. The summed E-state index contributed by atoms with van der Waals surface area (Å²) in [5, 5.41) is 33.6. The van der Waals surface area contributed by atoms with Gasteiger partial charge in [0.15, 0.2) is 0 Å². The van der Waals surface area contributed by atoms with E-state index in [0.717, 1.165) is 35.0 Å². The van der Waals surface area contributed by atoms with E-state index in [0.29, 0.717) is 22.9 Å². The number of hydrogen-bond acceptors (Lipinski definition) is 5. The number of nitrogens with one attached hydrogen (secondary N) is 1. The molecule has 0 unspecified atom stereocenters. The SMILES string of the molecule is N=C(N)c1cccc(-c2ccc3c(c2)c(COc2ccccc2CC(=O)O)nn3C2CCCC2)c1O. The van der Waals surface area contributed by atoms with Gasteiger partial charge in [-0.2, -0.15) is 5.10 Å². The van der Waals surface area contributed by atoms with Crippen LogP contribution in [0.2, 0.25) is 0 Å². The van der Waals surface area contributed by atoms with E-state index >= 15 is 0 Å². The second kappa shape index (κ2) is 9.73. The van der Waals surface area contributed by atoms with Gasteiger partial charge in [-0.1, -0.05) is 49.2 Å². The Morgan fingerprint density at radius 2 is 1.89 bits per heavy atom. The van der Waals surface area contributed by atoms with Crippen LogP contribution in [0.15, 0.2) is 60.7 Å². The van der Waals surface area contributed by atoms with Crippen LogP contribution in [0.4, 0.5) is 0 Å². The van der Waals surface area contributed by atoms with Crippen molar-refractivity contribution in [2.45, 2.75) is 44.8 Å². The van der Waals surface area contributed by atoms with Crippen molar-refractivity contribution in [2.75, 3.05) is 0 Å². The Morgan fingerprint density at radius 1 is 1.11 bits per heavy atom. The highest BCUT2D eigenvalue weighted by atomic mass is 16.5. The molecule has 1 aromatic heterocycles. The zero-order chi connectivity index (χ0) is 25.2. The number of aromatic nitrogens is 2. The summed E-state index contributed by atoms with van der Waals surface area (Å²) in [4.78, 5) is 11.3. The van der Waals surface area contributed by atoms with Crippen molar-refractivity contribution >= 4 is 22.7 Å². The first-order valence-electron chi connectivity index (χ1n) is 12.0. The van der Waals surface area contributed by atoms with E-state index in [-0.39, 0.29) is 30.2 Å². The third-order valence-electron chi connectivity index (χ3n) is 6.77. The van der Waals surface area contributed by atoms with Crippen LogP contribution in [0.5, 0.6) is 11.5 Å². The molecule has 4 aromatic rings. The van der Waals surface area contributed by atoms with Crippen molar-refractivity contribution < 1.29 is 19.7 Å². The average Bonchev–Trinajstić information content (AvgIpc) is 3.51. The zero-order valence-corrected chi connectivity index (χ0v) is 19.8. The van der Waals surface area contributed by atoms with E-state index in [9.17, 15) is 15.0 Å². The second-order valence-electron chi connectivity index (χ2n) is 9.14. The van der Waals surface area contributed by atoms with E-state index in [2.05, 4.69) is 4.68 Å². The number of phenols is 1. The van der Waals surface area contributed by atoms with Gasteiger partial charge in [-0.05, 0) is 42.7 Å². The van der Waals surface area contributed by atoms with E-state index in [4.69, 9.17) is 21.0 Å². The highest BCUT2D eigenvalue weighted by molar-refractivity contribution is 6.00. The van der Waals surface area contributed by atoms with Crippen LogP contribution in [0, 0.1) is 5.41 Å². The fourth-order valence-corrected chi connectivity index (χ4v) is 5.00. The molecular weight excluding hydrogens is 456 g/mol. The predicted molar refractivity (Wildman–Crippen MR) is 137 cm³/mol. The fraction of sp³-hybridized carbons (Fsp3) is 0.250. The number of fused-ring (bicyclic) bond motifs is 1. The van der Waals surface area contributed by atoms with E-state index in [1.807, 2.05) is 24.3 Å². The predicted octanol–water partition coefficient (Wildman–Crippen LogP) is 5.01. The van der Waals surface area contributed by atoms with Crippen LogP contribution < -0.4 is 10.5 Å². The van der Waals surface area contributed by atoms with Crippen molar-refractivity contribution in [3.63, 3.8) is 0 Å². The van der Waals surface area contributed by atoms with Crippen LogP contribution >= 0.6 is 0 Å². The van der Waals surface area contributed by atoms with Crippen LogP contribution in [0.3, 0.4) is 0 Å². The number of rotatable bonds is 8. The number of carboxylic acids is 1. The first-order chi connectivity index (χ1) is 17.4. The lowest BCUT2D eigenvalue weighted by molar-refractivity contribution is -0.136. The van der Waals surface area contributed by atoms with Crippen molar-refractivity contribution in [3.8, 4) is 22.6 Å². The van der Waals surface area contributed by atoms with Crippen LogP contribution in [-0.4, -0.2) is 31.8 Å². The van der Waals surface area contributed by atoms with Crippen molar-refractivity contribution in [1.82, 2.24) is 9.78 Å². The molecule has 0 atom stereocenters. The maximum Gasteiger partial charge on any atom is 0.307 e. The molecule has 184 valence electrons. The van der Waals surface area contributed by atoms with Crippen molar-refractivity contribution in [1.29, 1.82) is 5.41 Å². The first kappa shape index (κ1) is 23.4. The summed E-state index contributed by atoms with van der Waals surface area (Å²) in [5.74, 6) is -0.628. The van der Waals surface area contributed by atoms with Gasteiger partial charge in [-0.15, -0.1) is 0 Å². The average molecular weight is 485 g/mol. The number of amidine groups is 1. The summed E-state index contributed by atoms with van der Waals surface area (Å²) < 4.78 is 8.18.